The van der Waals surface area contributed by atoms with Gasteiger partial charge in [-0.15, -0.1) is 0 Å². The Balaban J connectivity index is 1.69. The molecule has 0 spiro atoms. The monoisotopic (exact) mass is 431 g/mol. The number of nitro benzene ring substituents is 1. The number of nitro groups is 1. The molecule has 0 N–H and O–H groups in total. The predicted molar refractivity (Wildman–Crippen MR) is 112 cm³/mol. The summed E-state index contributed by atoms with van der Waals surface area (Å²) in [6, 6.07) is 12.9. The molecule has 0 aliphatic carbocycles. The van der Waals surface area contributed by atoms with Gasteiger partial charge in [0.15, 0.2) is 0 Å². The molecule has 9 nitrogen and oxygen atoms in total. The van der Waals surface area contributed by atoms with Crippen molar-refractivity contribution in [1.29, 1.82) is 0 Å². The second-order valence-corrected chi connectivity index (χ2v) is 8.41. The van der Waals surface area contributed by atoms with Crippen molar-refractivity contribution in [2.24, 2.45) is 0 Å². The molecule has 1 aliphatic heterocycles. The van der Waals surface area contributed by atoms with Crippen LogP contribution >= 0.6 is 0 Å². The minimum absolute atomic E-state index is 0.0759. The first-order chi connectivity index (χ1) is 14.3. The van der Waals surface area contributed by atoms with Crippen molar-refractivity contribution >= 4 is 27.7 Å². The largest absolute Gasteiger partial charge is 0.496 e. The predicted octanol–water partition coefficient (Wildman–Crippen LogP) is 2.36. The second-order valence-electron chi connectivity index (χ2n) is 6.59. The van der Waals surface area contributed by atoms with Crippen molar-refractivity contribution in [2.75, 3.05) is 33.3 Å². The maximum absolute atomic E-state index is 12.9. The Morgan fingerprint density at radius 2 is 1.77 bits per heavy atom. The van der Waals surface area contributed by atoms with E-state index in [0.717, 1.165) is 11.0 Å². The zero-order valence-electron chi connectivity index (χ0n) is 16.3. The fourth-order valence-electron chi connectivity index (χ4n) is 3.11. The first-order valence-corrected chi connectivity index (χ1v) is 10.7. The Morgan fingerprint density at radius 3 is 2.37 bits per heavy atom. The van der Waals surface area contributed by atoms with E-state index < -0.39 is 20.9 Å². The number of ether oxygens (including phenoxy) is 1. The van der Waals surface area contributed by atoms with E-state index in [0.29, 0.717) is 0 Å². The number of hydrogen-bond acceptors (Lipinski definition) is 6. The van der Waals surface area contributed by atoms with E-state index in [4.69, 9.17) is 4.74 Å². The summed E-state index contributed by atoms with van der Waals surface area (Å²) in [5.74, 6) is -0.209. The lowest BCUT2D eigenvalue weighted by atomic mass is 10.1. The number of carbonyl (C=O) groups is 1. The molecule has 2 aromatic carbocycles. The molecule has 158 valence electrons. The highest BCUT2D eigenvalue weighted by atomic mass is 32.2. The highest BCUT2D eigenvalue weighted by molar-refractivity contribution is 7.92. The summed E-state index contributed by atoms with van der Waals surface area (Å²) in [6.45, 7) is 0.598. The number of amides is 1. The molecule has 2 aromatic rings. The summed E-state index contributed by atoms with van der Waals surface area (Å²) in [7, 11) is -2.25. The Hall–Kier alpha value is -3.24. The third-order valence-electron chi connectivity index (χ3n) is 4.74. The molecule has 0 atom stereocenters. The highest BCUT2D eigenvalue weighted by Gasteiger charge is 2.29. The van der Waals surface area contributed by atoms with E-state index >= 15 is 0 Å². The third-order valence-corrected chi connectivity index (χ3v) is 6.31. The number of sulfonamides is 1. The molecule has 0 bridgehead atoms. The average Bonchev–Trinajstić information content (AvgIpc) is 2.77. The normalized spacial score (nSPS) is 15.3. The zero-order chi connectivity index (χ0) is 21.7. The molecule has 1 saturated heterocycles. The van der Waals surface area contributed by atoms with Crippen LogP contribution in [0.25, 0.3) is 6.08 Å². The van der Waals surface area contributed by atoms with Gasteiger partial charge >= 0.3 is 0 Å². The third kappa shape index (κ3) is 4.84. The van der Waals surface area contributed by atoms with Crippen molar-refractivity contribution in [1.82, 2.24) is 9.21 Å². The van der Waals surface area contributed by atoms with Gasteiger partial charge in [-0.2, -0.15) is 4.31 Å². The molecule has 0 aromatic heterocycles. The first kappa shape index (κ1) is 21.5. The van der Waals surface area contributed by atoms with Crippen molar-refractivity contribution in [3.8, 4) is 5.75 Å². The van der Waals surface area contributed by atoms with E-state index in [2.05, 4.69) is 0 Å². The van der Waals surface area contributed by atoms with Crippen LogP contribution in [0.1, 0.15) is 15.9 Å². The van der Waals surface area contributed by atoms with Crippen LogP contribution in [0.3, 0.4) is 0 Å². The molecule has 1 fully saturated rings. The highest BCUT2D eigenvalue weighted by Crippen LogP contribution is 2.26. The molecule has 1 heterocycles. The van der Waals surface area contributed by atoms with Crippen LogP contribution in [-0.4, -0.2) is 61.7 Å². The van der Waals surface area contributed by atoms with E-state index in [-0.39, 0.29) is 43.2 Å². The number of benzene rings is 2. The van der Waals surface area contributed by atoms with Gasteiger partial charge in [-0.1, -0.05) is 30.3 Å². The van der Waals surface area contributed by atoms with Crippen LogP contribution in [0.4, 0.5) is 5.69 Å². The van der Waals surface area contributed by atoms with E-state index in [1.54, 1.807) is 12.1 Å². The summed E-state index contributed by atoms with van der Waals surface area (Å²) in [6.07, 6.45) is 1.53. The van der Waals surface area contributed by atoms with Gasteiger partial charge in [-0.3, -0.25) is 14.9 Å². The molecule has 1 aliphatic rings. The Kier molecular flexibility index (Phi) is 6.48. The molecule has 10 heteroatoms. The van der Waals surface area contributed by atoms with E-state index in [1.807, 2.05) is 18.2 Å². The molecule has 0 saturated carbocycles. The Bertz CT molecular complexity index is 1060. The number of piperazine rings is 1. The second kappa shape index (κ2) is 9.06. The van der Waals surface area contributed by atoms with Gasteiger partial charge < -0.3 is 9.64 Å². The van der Waals surface area contributed by atoms with E-state index in [1.165, 1.54) is 40.6 Å². The summed E-state index contributed by atoms with van der Waals surface area (Å²) >= 11 is 0. The number of methoxy groups -OCH3 is 1. The molecule has 1 amide bonds. The van der Waals surface area contributed by atoms with Gasteiger partial charge in [0, 0.05) is 43.7 Å². The Morgan fingerprint density at radius 1 is 1.10 bits per heavy atom. The first-order valence-electron chi connectivity index (χ1n) is 9.17. The van der Waals surface area contributed by atoms with Crippen LogP contribution in [0, 0.1) is 10.1 Å². The minimum Gasteiger partial charge on any atom is -0.496 e. The number of hydrogen-bond donors (Lipinski definition) is 0. The van der Waals surface area contributed by atoms with Gasteiger partial charge in [0.1, 0.15) is 5.75 Å². The molecule has 30 heavy (non-hydrogen) atoms. The fourth-order valence-corrected chi connectivity index (χ4v) is 4.28. The molecular formula is C20H21N3O6S. The standard InChI is InChI=1S/C20H21N3O6S/c1-29-19-8-7-17(23(25)26)15-18(19)20(24)21-10-12-22(13-11-21)30(27,28)14-9-16-5-3-2-4-6-16/h2-9,14-15H,10-13H2,1H3/b14-9+. The lowest BCUT2D eigenvalue weighted by Crippen LogP contribution is -2.50. The number of non-ortho nitro benzene ring substituents is 1. The van der Waals surface area contributed by atoms with Crippen LogP contribution < -0.4 is 4.74 Å². The number of rotatable bonds is 6. The summed E-state index contributed by atoms with van der Waals surface area (Å²) in [5, 5.41) is 12.2. The van der Waals surface area contributed by atoms with Crippen LogP contribution in [0.5, 0.6) is 5.75 Å². The molecular weight excluding hydrogens is 410 g/mol. The maximum atomic E-state index is 12.9. The lowest BCUT2D eigenvalue weighted by molar-refractivity contribution is -0.384. The smallest absolute Gasteiger partial charge is 0.270 e. The Labute approximate surface area is 174 Å². The minimum atomic E-state index is -3.63. The van der Waals surface area contributed by atoms with E-state index in [9.17, 15) is 23.3 Å². The fraction of sp³-hybridized carbons (Fsp3) is 0.250. The van der Waals surface area contributed by atoms with Crippen molar-refractivity contribution < 1.29 is 22.9 Å². The number of nitrogens with zero attached hydrogens (tertiary/aromatic N) is 3. The zero-order valence-corrected chi connectivity index (χ0v) is 17.1. The quantitative estimate of drug-likeness (QED) is 0.513. The van der Waals surface area contributed by atoms with Crippen molar-refractivity contribution in [3.05, 3.63) is 75.2 Å². The van der Waals surface area contributed by atoms with Gasteiger partial charge in [0.25, 0.3) is 11.6 Å². The lowest BCUT2D eigenvalue weighted by Gasteiger charge is -2.33. The summed E-state index contributed by atoms with van der Waals surface area (Å²) in [4.78, 5) is 24.8. The molecule has 0 unspecified atom stereocenters. The summed E-state index contributed by atoms with van der Waals surface area (Å²) < 4.78 is 31.6. The topological polar surface area (TPSA) is 110 Å². The average molecular weight is 431 g/mol. The van der Waals surface area contributed by atoms with Crippen LogP contribution in [0.2, 0.25) is 0 Å². The molecule has 0 radical (unpaired) electrons. The maximum Gasteiger partial charge on any atom is 0.270 e. The van der Waals surface area contributed by atoms with Gasteiger partial charge in [0.2, 0.25) is 10.0 Å². The molecule has 3 rings (SSSR count). The van der Waals surface area contributed by atoms with Gasteiger partial charge in [0.05, 0.1) is 17.6 Å². The SMILES string of the molecule is COc1ccc([N+](=O)[O-])cc1C(=O)N1CCN(S(=O)(=O)/C=C/c2ccccc2)CC1. The van der Waals surface area contributed by atoms with Gasteiger partial charge in [-0.05, 0) is 17.7 Å². The van der Waals surface area contributed by atoms with Crippen molar-refractivity contribution in [2.45, 2.75) is 0 Å². The van der Waals surface area contributed by atoms with Crippen LogP contribution in [-0.2, 0) is 10.0 Å². The van der Waals surface area contributed by atoms with Crippen LogP contribution in [0.15, 0.2) is 53.9 Å². The summed E-state index contributed by atoms with van der Waals surface area (Å²) in [5.41, 5.74) is 0.631. The number of carbonyl (C=O) groups excluding carboxylic acids is 1. The van der Waals surface area contributed by atoms with Gasteiger partial charge in [-0.25, -0.2) is 8.42 Å². The van der Waals surface area contributed by atoms with Crippen molar-refractivity contribution in [3.63, 3.8) is 0 Å².